The molecule has 0 bridgehead atoms. The van der Waals surface area contributed by atoms with Crippen LogP contribution < -0.4 is 0 Å². The van der Waals surface area contributed by atoms with Crippen LogP contribution in [0.5, 0.6) is 0 Å². The predicted molar refractivity (Wildman–Crippen MR) is 88.3 cm³/mol. The molecule has 1 aliphatic rings. The summed E-state index contributed by atoms with van der Waals surface area (Å²) in [6.45, 7) is 1.17. The second-order valence-electron chi connectivity index (χ2n) is 5.80. The van der Waals surface area contributed by atoms with Gasteiger partial charge >= 0.3 is 0 Å². The molecule has 2 aromatic heterocycles. The highest BCUT2D eigenvalue weighted by Gasteiger charge is 2.33. The van der Waals surface area contributed by atoms with Crippen molar-refractivity contribution in [2.45, 2.75) is 12.1 Å². The second kappa shape index (κ2) is 6.18. The number of ether oxygens (including phenoxy) is 2. The van der Waals surface area contributed by atoms with Crippen molar-refractivity contribution in [3.63, 3.8) is 0 Å². The number of methoxy groups -OCH3 is 1. The number of nitrogens with zero attached hydrogens (tertiary/aromatic N) is 5. The fraction of sp³-hybridized carbons (Fsp3) is 0.353. The first kappa shape index (κ1) is 15.0. The third-order valence-electron chi connectivity index (χ3n) is 4.42. The SMILES string of the molecule is CO[C@@H]1COC[C@@H]1n1cnc(-c2ccccc2)c1-c1ncnn1C. The van der Waals surface area contributed by atoms with E-state index in [1.54, 1.807) is 18.1 Å². The Morgan fingerprint density at radius 1 is 1.17 bits per heavy atom. The number of rotatable bonds is 4. The largest absolute Gasteiger partial charge is 0.377 e. The normalized spacial score (nSPS) is 20.6. The third kappa shape index (κ3) is 2.42. The van der Waals surface area contributed by atoms with E-state index in [0.29, 0.717) is 13.2 Å². The highest BCUT2D eigenvalue weighted by atomic mass is 16.5. The fourth-order valence-corrected chi connectivity index (χ4v) is 3.16. The molecule has 1 aliphatic heterocycles. The minimum Gasteiger partial charge on any atom is -0.377 e. The van der Waals surface area contributed by atoms with Crippen LogP contribution in [0.25, 0.3) is 22.8 Å². The van der Waals surface area contributed by atoms with E-state index in [4.69, 9.17) is 9.47 Å². The minimum absolute atomic E-state index is 0.00481. The van der Waals surface area contributed by atoms with Crippen LogP contribution in [0.4, 0.5) is 0 Å². The Morgan fingerprint density at radius 3 is 2.71 bits per heavy atom. The van der Waals surface area contributed by atoms with Crippen molar-refractivity contribution in [1.29, 1.82) is 0 Å². The highest BCUT2D eigenvalue weighted by molar-refractivity contribution is 5.75. The van der Waals surface area contributed by atoms with Crippen LogP contribution >= 0.6 is 0 Å². The maximum Gasteiger partial charge on any atom is 0.176 e. The van der Waals surface area contributed by atoms with Crippen LogP contribution in [-0.2, 0) is 16.5 Å². The first-order valence-electron chi connectivity index (χ1n) is 7.86. The monoisotopic (exact) mass is 325 g/mol. The van der Waals surface area contributed by atoms with Gasteiger partial charge in [0.05, 0.1) is 31.3 Å². The van der Waals surface area contributed by atoms with Crippen molar-refractivity contribution >= 4 is 0 Å². The summed E-state index contributed by atoms with van der Waals surface area (Å²) < 4.78 is 15.1. The first-order chi connectivity index (χ1) is 11.8. The van der Waals surface area contributed by atoms with Crippen LogP contribution in [0.15, 0.2) is 43.0 Å². The fourth-order valence-electron chi connectivity index (χ4n) is 3.16. The van der Waals surface area contributed by atoms with E-state index in [2.05, 4.69) is 19.6 Å². The zero-order chi connectivity index (χ0) is 16.5. The summed E-state index contributed by atoms with van der Waals surface area (Å²) in [6, 6.07) is 10.2. The molecule has 3 heterocycles. The molecule has 3 aromatic rings. The van der Waals surface area contributed by atoms with Gasteiger partial charge in [0.1, 0.15) is 18.1 Å². The van der Waals surface area contributed by atoms with Gasteiger partial charge in [0.15, 0.2) is 5.82 Å². The van der Waals surface area contributed by atoms with E-state index in [1.807, 2.05) is 43.7 Å². The minimum atomic E-state index is -0.00481. The summed E-state index contributed by atoms with van der Waals surface area (Å²) in [5.41, 5.74) is 2.86. The van der Waals surface area contributed by atoms with Crippen molar-refractivity contribution in [2.75, 3.05) is 20.3 Å². The molecule has 0 aliphatic carbocycles. The Kier molecular flexibility index (Phi) is 3.87. The summed E-state index contributed by atoms with van der Waals surface area (Å²) in [5.74, 6) is 0.771. The van der Waals surface area contributed by atoms with Gasteiger partial charge in [-0.1, -0.05) is 30.3 Å². The van der Waals surface area contributed by atoms with E-state index in [0.717, 1.165) is 22.8 Å². The van der Waals surface area contributed by atoms with E-state index < -0.39 is 0 Å². The summed E-state index contributed by atoms with van der Waals surface area (Å²) in [6.07, 6.45) is 3.40. The van der Waals surface area contributed by atoms with Crippen LogP contribution in [0.2, 0.25) is 0 Å². The van der Waals surface area contributed by atoms with Gasteiger partial charge in [0.2, 0.25) is 0 Å². The van der Waals surface area contributed by atoms with Crippen molar-refractivity contribution in [3.8, 4) is 22.8 Å². The Hall–Kier alpha value is -2.51. The highest BCUT2D eigenvalue weighted by Crippen LogP contribution is 2.34. The zero-order valence-corrected chi connectivity index (χ0v) is 13.7. The van der Waals surface area contributed by atoms with Crippen molar-refractivity contribution in [3.05, 3.63) is 43.0 Å². The molecule has 24 heavy (non-hydrogen) atoms. The quantitative estimate of drug-likeness (QED) is 0.733. The predicted octanol–water partition coefficient (Wildman–Crippen LogP) is 1.93. The number of hydrogen-bond acceptors (Lipinski definition) is 5. The van der Waals surface area contributed by atoms with Crippen LogP contribution in [-0.4, -0.2) is 50.7 Å². The summed E-state index contributed by atoms with van der Waals surface area (Å²) in [4.78, 5) is 9.10. The maximum absolute atomic E-state index is 5.62. The number of hydrogen-bond donors (Lipinski definition) is 0. The third-order valence-corrected chi connectivity index (χ3v) is 4.42. The van der Waals surface area contributed by atoms with E-state index in [1.165, 1.54) is 0 Å². The molecule has 4 rings (SSSR count). The number of imidazole rings is 1. The molecule has 0 unspecified atom stereocenters. The Balaban J connectivity index is 1.89. The van der Waals surface area contributed by atoms with Gasteiger partial charge in [-0.3, -0.25) is 0 Å². The molecule has 1 fully saturated rings. The van der Waals surface area contributed by atoms with Gasteiger partial charge in [-0.2, -0.15) is 5.10 Å². The molecule has 1 aromatic carbocycles. The molecule has 7 nitrogen and oxygen atoms in total. The van der Waals surface area contributed by atoms with Gasteiger partial charge in [0.25, 0.3) is 0 Å². The molecular weight excluding hydrogens is 306 g/mol. The molecule has 124 valence electrons. The van der Waals surface area contributed by atoms with Crippen molar-refractivity contribution < 1.29 is 9.47 Å². The lowest BCUT2D eigenvalue weighted by Gasteiger charge is -2.20. The molecule has 0 radical (unpaired) electrons. The Bertz CT molecular complexity index is 827. The number of aryl methyl sites for hydroxylation is 1. The van der Waals surface area contributed by atoms with Gasteiger partial charge < -0.3 is 14.0 Å². The van der Waals surface area contributed by atoms with E-state index in [-0.39, 0.29) is 12.1 Å². The molecule has 1 saturated heterocycles. The standard InChI is InChI=1S/C17H19N5O2/c1-21-17(18-10-20-21)16-15(12-6-4-3-5-7-12)19-11-22(16)13-8-24-9-14(13)23-2/h3-7,10-11,13-14H,8-9H2,1-2H3/t13-,14+/m0/s1. The van der Waals surface area contributed by atoms with Crippen molar-refractivity contribution in [2.24, 2.45) is 7.05 Å². The summed E-state index contributed by atoms with van der Waals surface area (Å²) in [5, 5.41) is 4.22. The topological polar surface area (TPSA) is 67.0 Å². The lowest BCUT2D eigenvalue weighted by atomic mass is 10.1. The van der Waals surface area contributed by atoms with Gasteiger partial charge in [-0.25, -0.2) is 14.6 Å². The van der Waals surface area contributed by atoms with Gasteiger partial charge in [0, 0.05) is 19.7 Å². The molecule has 0 saturated carbocycles. The molecule has 0 amide bonds. The zero-order valence-electron chi connectivity index (χ0n) is 13.7. The van der Waals surface area contributed by atoms with E-state index >= 15 is 0 Å². The van der Waals surface area contributed by atoms with Crippen molar-refractivity contribution in [1.82, 2.24) is 24.3 Å². The molecule has 2 atom stereocenters. The van der Waals surface area contributed by atoms with Gasteiger partial charge in [-0.05, 0) is 0 Å². The molecule has 0 N–H and O–H groups in total. The van der Waals surface area contributed by atoms with Crippen LogP contribution in [0.1, 0.15) is 6.04 Å². The second-order valence-corrected chi connectivity index (χ2v) is 5.80. The summed E-state index contributed by atoms with van der Waals surface area (Å²) in [7, 11) is 3.59. The number of aromatic nitrogens is 5. The van der Waals surface area contributed by atoms with Crippen LogP contribution in [0, 0.1) is 0 Å². The summed E-state index contributed by atoms with van der Waals surface area (Å²) >= 11 is 0. The number of benzene rings is 1. The first-order valence-corrected chi connectivity index (χ1v) is 7.86. The average Bonchev–Trinajstić information content (AvgIpc) is 3.33. The smallest absolute Gasteiger partial charge is 0.176 e. The lowest BCUT2D eigenvalue weighted by Crippen LogP contribution is -2.24. The Morgan fingerprint density at radius 2 is 2.00 bits per heavy atom. The Labute approximate surface area is 139 Å². The average molecular weight is 325 g/mol. The molecule has 7 heteroatoms. The lowest BCUT2D eigenvalue weighted by molar-refractivity contribution is 0.0688. The maximum atomic E-state index is 5.62. The molecular formula is C17H19N5O2. The van der Waals surface area contributed by atoms with Crippen LogP contribution in [0.3, 0.4) is 0 Å². The molecule has 0 spiro atoms. The van der Waals surface area contributed by atoms with Gasteiger partial charge in [-0.15, -0.1) is 0 Å². The van der Waals surface area contributed by atoms with E-state index in [9.17, 15) is 0 Å².